The number of amides is 3. The Morgan fingerprint density at radius 1 is 0.931 bits per heavy atom. The molecule has 7 heteroatoms. The first-order valence-corrected chi connectivity index (χ1v) is 9.48. The van der Waals surface area contributed by atoms with Crippen molar-refractivity contribution in [3.05, 3.63) is 70.8 Å². The zero-order chi connectivity index (χ0) is 20.5. The number of imide groups is 1. The molecule has 148 valence electrons. The van der Waals surface area contributed by atoms with Gasteiger partial charge in [-0.3, -0.25) is 19.3 Å². The molecule has 2 aliphatic rings. The number of esters is 1. The van der Waals surface area contributed by atoms with Crippen molar-refractivity contribution in [2.24, 2.45) is 0 Å². The molecule has 3 amide bonds. The van der Waals surface area contributed by atoms with Crippen molar-refractivity contribution in [1.82, 2.24) is 9.80 Å². The van der Waals surface area contributed by atoms with Crippen LogP contribution in [0.25, 0.3) is 0 Å². The van der Waals surface area contributed by atoms with Crippen molar-refractivity contribution >= 4 is 23.7 Å². The molecule has 1 unspecified atom stereocenters. The van der Waals surface area contributed by atoms with Crippen LogP contribution in [0.5, 0.6) is 0 Å². The third-order valence-electron chi connectivity index (χ3n) is 5.29. The minimum absolute atomic E-state index is 0.121. The maximum absolute atomic E-state index is 13.0. The highest BCUT2D eigenvalue weighted by Crippen LogP contribution is 2.26. The maximum Gasteiger partial charge on any atom is 0.339 e. The lowest BCUT2D eigenvalue weighted by molar-refractivity contribution is -0.140. The molecule has 1 atom stereocenters. The van der Waals surface area contributed by atoms with E-state index in [-0.39, 0.29) is 22.6 Å². The second-order valence-electron chi connectivity index (χ2n) is 7.16. The van der Waals surface area contributed by atoms with Gasteiger partial charge in [0.15, 0.2) is 0 Å². The standard InChI is InChI=1S/C22H20N2O5/c1-23-19(25)16-10-9-15(13-17(16)20(23)26)22(28)29-18(14-7-3-2-4-8-14)21(27)24-11-5-6-12-24/h2-4,7-10,13,18H,5-6,11-12H2,1H3. The van der Waals surface area contributed by atoms with E-state index in [0.717, 1.165) is 17.7 Å². The van der Waals surface area contributed by atoms with E-state index in [2.05, 4.69) is 0 Å². The molecule has 2 aromatic rings. The summed E-state index contributed by atoms with van der Waals surface area (Å²) in [7, 11) is 1.39. The van der Waals surface area contributed by atoms with Crippen molar-refractivity contribution in [3.8, 4) is 0 Å². The van der Waals surface area contributed by atoms with Gasteiger partial charge < -0.3 is 9.64 Å². The Labute approximate surface area is 167 Å². The quantitative estimate of drug-likeness (QED) is 0.589. The lowest BCUT2D eigenvalue weighted by Gasteiger charge is -2.23. The zero-order valence-corrected chi connectivity index (χ0v) is 16.0. The molecule has 0 radical (unpaired) electrons. The fourth-order valence-electron chi connectivity index (χ4n) is 3.66. The number of rotatable bonds is 4. The van der Waals surface area contributed by atoms with Crippen molar-refractivity contribution in [1.29, 1.82) is 0 Å². The summed E-state index contributed by atoms with van der Waals surface area (Å²) in [6, 6.07) is 13.1. The van der Waals surface area contributed by atoms with E-state index in [1.807, 2.05) is 6.07 Å². The Balaban J connectivity index is 1.61. The van der Waals surface area contributed by atoms with Crippen LogP contribution in [-0.4, -0.2) is 53.6 Å². The summed E-state index contributed by atoms with van der Waals surface area (Å²) in [4.78, 5) is 52.7. The molecule has 0 bridgehead atoms. The van der Waals surface area contributed by atoms with E-state index in [4.69, 9.17) is 4.74 Å². The van der Waals surface area contributed by atoms with E-state index >= 15 is 0 Å². The van der Waals surface area contributed by atoms with Crippen LogP contribution >= 0.6 is 0 Å². The minimum atomic E-state index is -1.06. The summed E-state index contributed by atoms with van der Waals surface area (Å²) < 4.78 is 5.61. The van der Waals surface area contributed by atoms with Crippen molar-refractivity contribution in [3.63, 3.8) is 0 Å². The van der Waals surface area contributed by atoms with Crippen LogP contribution in [0.4, 0.5) is 0 Å². The summed E-state index contributed by atoms with van der Waals surface area (Å²) in [6.07, 6.45) is 0.792. The molecule has 7 nitrogen and oxygen atoms in total. The third-order valence-corrected chi connectivity index (χ3v) is 5.29. The van der Waals surface area contributed by atoms with Crippen LogP contribution < -0.4 is 0 Å². The monoisotopic (exact) mass is 392 g/mol. The van der Waals surface area contributed by atoms with Crippen LogP contribution in [0.2, 0.25) is 0 Å². The summed E-state index contributed by atoms with van der Waals surface area (Å²) in [5.74, 6) is -1.85. The summed E-state index contributed by atoms with van der Waals surface area (Å²) in [5.41, 5.74) is 1.12. The predicted octanol–water partition coefficient (Wildman–Crippen LogP) is 2.43. The van der Waals surface area contributed by atoms with Gasteiger partial charge >= 0.3 is 5.97 Å². The Hall–Kier alpha value is -3.48. The molecule has 1 saturated heterocycles. The molecule has 0 spiro atoms. The van der Waals surface area contributed by atoms with Gasteiger partial charge in [-0.2, -0.15) is 0 Å². The van der Waals surface area contributed by atoms with Gasteiger partial charge in [-0.05, 0) is 31.0 Å². The summed E-state index contributed by atoms with van der Waals surface area (Å²) in [5, 5.41) is 0. The second kappa shape index (κ2) is 7.50. The van der Waals surface area contributed by atoms with Gasteiger partial charge in [0.25, 0.3) is 17.7 Å². The molecule has 0 saturated carbocycles. The van der Waals surface area contributed by atoms with E-state index in [9.17, 15) is 19.2 Å². The number of fused-ring (bicyclic) bond motifs is 1. The molecule has 4 rings (SSSR count). The molecule has 0 aromatic heterocycles. The zero-order valence-electron chi connectivity index (χ0n) is 16.0. The molecular weight excluding hydrogens is 372 g/mol. The molecule has 0 N–H and O–H groups in total. The van der Waals surface area contributed by atoms with Gasteiger partial charge in [-0.15, -0.1) is 0 Å². The van der Waals surface area contributed by atoms with Gasteiger partial charge in [0.1, 0.15) is 0 Å². The molecule has 2 aromatic carbocycles. The smallest absolute Gasteiger partial charge is 0.339 e. The number of benzene rings is 2. The van der Waals surface area contributed by atoms with E-state index in [1.165, 1.54) is 25.2 Å². The Kier molecular flexibility index (Phi) is 4.88. The molecule has 1 fully saturated rings. The average molecular weight is 392 g/mol. The fourth-order valence-corrected chi connectivity index (χ4v) is 3.66. The maximum atomic E-state index is 13.0. The van der Waals surface area contributed by atoms with Gasteiger partial charge in [-0.25, -0.2) is 4.79 Å². The van der Waals surface area contributed by atoms with Crippen molar-refractivity contribution in [2.75, 3.05) is 20.1 Å². The predicted molar refractivity (Wildman–Crippen MR) is 103 cm³/mol. The Morgan fingerprint density at radius 3 is 2.28 bits per heavy atom. The van der Waals surface area contributed by atoms with Crippen LogP contribution in [0, 0.1) is 0 Å². The summed E-state index contributed by atoms with van der Waals surface area (Å²) in [6.45, 7) is 1.28. The third kappa shape index (κ3) is 3.40. The van der Waals surface area contributed by atoms with Gasteiger partial charge in [0.2, 0.25) is 6.10 Å². The number of likely N-dealkylation sites (tertiary alicyclic amines) is 1. The highest BCUT2D eigenvalue weighted by atomic mass is 16.5. The van der Waals surface area contributed by atoms with Gasteiger partial charge in [-0.1, -0.05) is 30.3 Å². The number of hydrogen-bond acceptors (Lipinski definition) is 5. The normalized spacial score (nSPS) is 16.7. The molecule has 2 heterocycles. The highest BCUT2D eigenvalue weighted by molar-refractivity contribution is 6.21. The van der Waals surface area contributed by atoms with Crippen molar-refractivity contribution in [2.45, 2.75) is 18.9 Å². The molecule has 29 heavy (non-hydrogen) atoms. The first-order chi connectivity index (χ1) is 14.0. The molecule has 2 aliphatic heterocycles. The Bertz CT molecular complexity index is 996. The van der Waals surface area contributed by atoms with Crippen LogP contribution in [0.15, 0.2) is 48.5 Å². The Morgan fingerprint density at radius 2 is 1.59 bits per heavy atom. The van der Waals surface area contributed by atoms with E-state index < -0.39 is 23.9 Å². The van der Waals surface area contributed by atoms with Crippen LogP contribution in [0.3, 0.4) is 0 Å². The SMILES string of the molecule is CN1C(=O)c2ccc(C(=O)OC(C(=O)N3CCCC3)c3ccccc3)cc2C1=O. The first kappa shape index (κ1) is 18.9. The fraction of sp³-hybridized carbons (Fsp3) is 0.273. The number of ether oxygens (including phenoxy) is 1. The number of carbonyl (C=O) groups excluding carboxylic acids is 4. The molecule has 0 aliphatic carbocycles. The number of hydrogen-bond donors (Lipinski definition) is 0. The average Bonchev–Trinajstić information content (AvgIpc) is 3.36. The number of carbonyl (C=O) groups is 4. The number of nitrogens with zero attached hydrogens (tertiary/aromatic N) is 2. The second-order valence-corrected chi connectivity index (χ2v) is 7.16. The van der Waals surface area contributed by atoms with E-state index in [0.29, 0.717) is 18.7 Å². The lowest BCUT2D eigenvalue weighted by atomic mass is 10.1. The summed E-state index contributed by atoms with van der Waals surface area (Å²) >= 11 is 0. The van der Waals surface area contributed by atoms with Crippen LogP contribution in [0.1, 0.15) is 55.6 Å². The van der Waals surface area contributed by atoms with Crippen LogP contribution in [-0.2, 0) is 9.53 Å². The topological polar surface area (TPSA) is 84.0 Å². The first-order valence-electron chi connectivity index (χ1n) is 9.48. The van der Waals surface area contributed by atoms with Crippen molar-refractivity contribution < 1.29 is 23.9 Å². The minimum Gasteiger partial charge on any atom is -0.444 e. The highest BCUT2D eigenvalue weighted by Gasteiger charge is 2.35. The lowest BCUT2D eigenvalue weighted by Crippen LogP contribution is -2.34. The largest absolute Gasteiger partial charge is 0.444 e. The molecular formula is C22H20N2O5. The van der Waals surface area contributed by atoms with Gasteiger partial charge in [0, 0.05) is 25.7 Å². The van der Waals surface area contributed by atoms with Gasteiger partial charge in [0.05, 0.1) is 16.7 Å². The van der Waals surface area contributed by atoms with E-state index in [1.54, 1.807) is 29.2 Å².